The summed E-state index contributed by atoms with van der Waals surface area (Å²) in [6, 6.07) is 4.38. The van der Waals surface area contributed by atoms with Crippen LogP contribution in [-0.4, -0.2) is 34.2 Å². The minimum Gasteiger partial charge on any atom is -0.353 e. The first-order valence-corrected chi connectivity index (χ1v) is 9.76. The van der Waals surface area contributed by atoms with E-state index >= 15 is 0 Å². The fraction of sp³-hybridized carbons (Fsp3) is 0.429. The van der Waals surface area contributed by atoms with Crippen molar-refractivity contribution in [2.75, 3.05) is 18.0 Å². The van der Waals surface area contributed by atoms with Crippen molar-refractivity contribution in [2.24, 2.45) is 5.73 Å². The van der Waals surface area contributed by atoms with Crippen molar-refractivity contribution in [1.29, 1.82) is 0 Å². The zero-order chi connectivity index (χ0) is 18.8. The van der Waals surface area contributed by atoms with Gasteiger partial charge in [-0.05, 0) is 74.9 Å². The van der Waals surface area contributed by atoms with E-state index in [2.05, 4.69) is 27.3 Å². The van der Waals surface area contributed by atoms with E-state index < -0.39 is 5.41 Å². The fourth-order valence-electron chi connectivity index (χ4n) is 4.68. The number of hydrogen-bond donors (Lipinski definition) is 3. The second-order valence-electron chi connectivity index (χ2n) is 8.23. The number of amides is 1. The molecule has 6 heteroatoms. The zero-order valence-electron chi connectivity index (χ0n) is 15.9. The third-order valence-electron chi connectivity index (χ3n) is 6.18. The summed E-state index contributed by atoms with van der Waals surface area (Å²) in [4.78, 5) is 18.6. The summed E-state index contributed by atoms with van der Waals surface area (Å²) in [7, 11) is 0. The van der Waals surface area contributed by atoms with E-state index in [1.54, 1.807) is 0 Å². The molecule has 3 aromatic rings. The predicted molar refractivity (Wildman–Crippen MR) is 107 cm³/mol. The van der Waals surface area contributed by atoms with Gasteiger partial charge in [0.25, 0.3) is 0 Å². The van der Waals surface area contributed by atoms with Gasteiger partial charge in [-0.25, -0.2) is 0 Å². The lowest BCUT2D eigenvalue weighted by Gasteiger charge is -2.20. The van der Waals surface area contributed by atoms with Crippen LogP contribution < -0.4 is 10.6 Å². The third kappa shape index (κ3) is 2.22. The maximum atomic E-state index is 13.0. The van der Waals surface area contributed by atoms with Crippen molar-refractivity contribution in [3.8, 4) is 11.4 Å². The van der Waals surface area contributed by atoms with Crippen LogP contribution in [-0.2, 0) is 23.1 Å². The number of nitrogens with zero attached hydrogens (tertiary/aromatic N) is 2. The lowest BCUT2D eigenvalue weighted by Crippen LogP contribution is -2.37. The molecule has 1 aromatic carbocycles. The number of nitrogens with two attached hydrogens (primary N) is 1. The summed E-state index contributed by atoms with van der Waals surface area (Å²) >= 11 is 0. The summed E-state index contributed by atoms with van der Waals surface area (Å²) in [5, 5.41) is 8.72. The number of carbonyl (C=O) groups excluding carboxylic acids is 1. The molecule has 1 aliphatic heterocycles. The van der Waals surface area contributed by atoms with Crippen LogP contribution in [0, 0.1) is 0 Å². The number of carbonyl (C=O) groups is 1. The topological polar surface area (TPSA) is 90.8 Å². The van der Waals surface area contributed by atoms with Gasteiger partial charge in [0.15, 0.2) is 0 Å². The molecule has 6 nitrogen and oxygen atoms in total. The Labute approximate surface area is 158 Å². The molecule has 0 radical (unpaired) electrons. The lowest BCUT2D eigenvalue weighted by molar-refractivity contribution is -0.122. The first-order chi connectivity index (χ1) is 13.0. The third-order valence-corrected chi connectivity index (χ3v) is 6.18. The van der Waals surface area contributed by atoms with Gasteiger partial charge in [0, 0.05) is 29.3 Å². The molecule has 0 saturated heterocycles. The van der Waals surface area contributed by atoms with Crippen LogP contribution in [0.3, 0.4) is 0 Å². The number of rotatable bonds is 3. The molecule has 0 fully saturated rings. The number of hydrogen-bond acceptors (Lipinski definition) is 3. The van der Waals surface area contributed by atoms with Crippen LogP contribution in [0.4, 0.5) is 5.69 Å². The minimum atomic E-state index is -0.516. The Morgan fingerprint density at radius 2 is 2.15 bits per heavy atom. The highest BCUT2D eigenvalue weighted by Gasteiger charge is 2.44. The number of benzene rings is 1. The maximum Gasteiger partial charge on any atom is 0.237 e. The molecule has 4 N–H and O–H groups in total. The standard InChI is InChI=1S/C21H25N5O/c1-21(2)15-10-16-14(9-17(15)26(20(21)27)8-4-7-22)13-6-3-5-12-11-23-25-18(12)19(13)24-16/h9-11,24H,3-8,22H2,1-2H3,(H,23,25). The molecule has 1 amide bonds. The summed E-state index contributed by atoms with van der Waals surface area (Å²) in [6.07, 6.45) is 5.97. The van der Waals surface area contributed by atoms with Gasteiger partial charge < -0.3 is 15.6 Å². The molecule has 5 rings (SSSR count). The summed E-state index contributed by atoms with van der Waals surface area (Å²) < 4.78 is 0. The van der Waals surface area contributed by atoms with E-state index in [-0.39, 0.29) is 5.91 Å². The van der Waals surface area contributed by atoms with Gasteiger partial charge in [0.2, 0.25) is 5.91 Å². The molecular weight excluding hydrogens is 338 g/mol. The lowest BCUT2D eigenvalue weighted by atomic mass is 9.85. The molecule has 0 bridgehead atoms. The number of H-pyrrole nitrogens is 2. The number of anilines is 1. The van der Waals surface area contributed by atoms with Crippen molar-refractivity contribution in [2.45, 2.75) is 44.9 Å². The van der Waals surface area contributed by atoms with Gasteiger partial charge >= 0.3 is 0 Å². The smallest absolute Gasteiger partial charge is 0.237 e. The van der Waals surface area contributed by atoms with Crippen molar-refractivity contribution >= 4 is 22.5 Å². The molecule has 2 aromatic heterocycles. The molecular formula is C21H25N5O. The number of aryl methyl sites for hydroxylation is 2. The van der Waals surface area contributed by atoms with E-state index in [9.17, 15) is 4.79 Å². The van der Waals surface area contributed by atoms with Gasteiger partial charge in [-0.2, -0.15) is 5.10 Å². The minimum absolute atomic E-state index is 0.166. The highest BCUT2D eigenvalue weighted by molar-refractivity contribution is 6.10. The van der Waals surface area contributed by atoms with E-state index in [0.717, 1.165) is 53.8 Å². The molecule has 27 heavy (non-hydrogen) atoms. The number of aromatic nitrogens is 3. The number of aromatic amines is 2. The fourth-order valence-corrected chi connectivity index (χ4v) is 4.68. The zero-order valence-corrected chi connectivity index (χ0v) is 15.9. The van der Waals surface area contributed by atoms with Crippen LogP contribution in [0.1, 0.15) is 43.4 Å². The predicted octanol–water partition coefficient (Wildman–Crippen LogP) is 3.02. The van der Waals surface area contributed by atoms with Gasteiger partial charge in [-0.15, -0.1) is 0 Å². The summed E-state index contributed by atoms with van der Waals surface area (Å²) in [5.41, 5.74) is 13.2. The van der Waals surface area contributed by atoms with E-state index in [4.69, 9.17) is 5.73 Å². The van der Waals surface area contributed by atoms with Gasteiger partial charge in [-0.3, -0.25) is 9.89 Å². The molecule has 140 valence electrons. The number of nitrogens with one attached hydrogen (secondary N) is 2. The molecule has 2 aliphatic rings. The Morgan fingerprint density at radius 1 is 1.30 bits per heavy atom. The summed E-state index contributed by atoms with van der Waals surface area (Å²) in [6.45, 7) is 5.29. The van der Waals surface area contributed by atoms with Gasteiger partial charge in [0.05, 0.1) is 11.1 Å². The molecule has 0 saturated carbocycles. The molecule has 0 unspecified atom stereocenters. The highest BCUT2D eigenvalue weighted by Crippen LogP contribution is 2.45. The molecule has 0 spiro atoms. The normalized spacial score (nSPS) is 17.7. The van der Waals surface area contributed by atoms with Crippen LogP contribution in [0.2, 0.25) is 0 Å². The van der Waals surface area contributed by atoms with Crippen molar-refractivity contribution < 1.29 is 4.79 Å². The Kier molecular flexibility index (Phi) is 3.49. The average molecular weight is 363 g/mol. The largest absolute Gasteiger partial charge is 0.353 e. The monoisotopic (exact) mass is 363 g/mol. The summed E-state index contributed by atoms with van der Waals surface area (Å²) in [5.74, 6) is 0.166. The average Bonchev–Trinajstić information content (AvgIpc) is 3.26. The first-order valence-electron chi connectivity index (χ1n) is 9.76. The van der Waals surface area contributed by atoms with E-state index in [1.807, 2.05) is 24.9 Å². The van der Waals surface area contributed by atoms with E-state index in [1.165, 1.54) is 16.5 Å². The molecule has 1 aliphatic carbocycles. The maximum absolute atomic E-state index is 13.0. The van der Waals surface area contributed by atoms with Crippen LogP contribution in [0.5, 0.6) is 0 Å². The second-order valence-corrected chi connectivity index (χ2v) is 8.23. The Balaban J connectivity index is 1.73. The van der Waals surface area contributed by atoms with Gasteiger partial charge in [0.1, 0.15) is 5.69 Å². The number of fused-ring (bicyclic) bond motifs is 6. The Morgan fingerprint density at radius 3 is 2.96 bits per heavy atom. The van der Waals surface area contributed by atoms with Crippen molar-refractivity contribution in [1.82, 2.24) is 15.2 Å². The van der Waals surface area contributed by atoms with Crippen LogP contribution in [0.25, 0.3) is 22.3 Å². The van der Waals surface area contributed by atoms with E-state index in [0.29, 0.717) is 13.1 Å². The molecule has 0 atom stereocenters. The van der Waals surface area contributed by atoms with Gasteiger partial charge in [-0.1, -0.05) is 0 Å². The van der Waals surface area contributed by atoms with Crippen molar-refractivity contribution in [3.63, 3.8) is 0 Å². The first kappa shape index (κ1) is 16.6. The molecule has 3 heterocycles. The quantitative estimate of drug-likeness (QED) is 0.668. The van der Waals surface area contributed by atoms with Crippen molar-refractivity contribution in [3.05, 3.63) is 35.0 Å². The van der Waals surface area contributed by atoms with Crippen LogP contribution in [0.15, 0.2) is 18.3 Å². The van der Waals surface area contributed by atoms with Crippen LogP contribution >= 0.6 is 0 Å². The highest BCUT2D eigenvalue weighted by atomic mass is 16.2. The SMILES string of the molecule is CC1(C)C(=O)N(CCCN)c2cc3c4c([nH]c3cc21)-c1n[nH]cc1CCC4. The Bertz CT molecular complexity index is 1060. The second kappa shape index (κ2) is 5.70. The Hall–Kier alpha value is -2.60.